The first-order valence-electron chi connectivity index (χ1n) is 9.00. The van der Waals surface area contributed by atoms with Gasteiger partial charge in [-0.05, 0) is 50.6 Å². The average Bonchev–Trinajstić information content (AvgIpc) is 2.68. The van der Waals surface area contributed by atoms with Crippen molar-refractivity contribution in [3.8, 4) is 23.0 Å². The molecule has 0 aliphatic carbocycles. The first-order valence-corrected chi connectivity index (χ1v) is 10.5. The molecule has 0 aliphatic rings. The second kappa shape index (κ2) is 9.66. The summed E-state index contributed by atoms with van der Waals surface area (Å²) in [5.41, 5.74) is 0.760. The quantitative estimate of drug-likeness (QED) is 0.646. The molecule has 1 atom stereocenters. The minimum Gasteiger partial charge on any atom is -0.493 e. The third-order valence-corrected chi connectivity index (χ3v) is 5.60. The molecular weight excluding hydrogens is 382 g/mol. The van der Waals surface area contributed by atoms with Gasteiger partial charge >= 0.3 is 0 Å². The summed E-state index contributed by atoms with van der Waals surface area (Å²) in [5, 5.41) is 0. The number of methoxy groups -OCH3 is 2. The van der Waals surface area contributed by atoms with E-state index in [0.29, 0.717) is 36.2 Å². The smallest absolute Gasteiger partial charge is 0.241 e. The van der Waals surface area contributed by atoms with Gasteiger partial charge in [0.05, 0.1) is 32.3 Å². The maximum Gasteiger partial charge on any atom is 0.241 e. The molecule has 0 saturated carbocycles. The van der Waals surface area contributed by atoms with Gasteiger partial charge in [0.1, 0.15) is 0 Å². The van der Waals surface area contributed by atoms with Crippen molar-refractivity contribution in [1.29, 1.82) is 0 Å². The minimum atomic E-state index is -3.77. The van der Waals surface area contributed by atoms with Crippen LogP contribution in [0.1, 0.15) is 32.4 Å². The summed E-state index contributed by atoms with van der Waals surface area (Å²) in [6.45, 7) is 6.54. The Labute approximate surface area is 166 Å². The predicted molar refractivity (Wildman–Crippen MR) is 107 cm³/mol. The van der Waals surface area contributed by atoms with Gasteiger partial charge in [0.25, 0.3) is 0 Å². The topological polar surface area (TPSA) is 83.1 Å². The first kappa shape index (κ1) is 21.8. The number of nitrogens with one attached hydrogen (secondary N) is 1. The Morgan fingerprint density at radius 2 is 1.46 bits per heavy atom. The lowest BCUT2D eigenvalue weighted by Gasteiger charge is -2.18. The predicted octanol–water partition coefficient (Wildman–Crippen LogP) is 3.54. The Balaban J connectivity index is 2.28. The van der Waals surface area contributed by atoms with E-state index in [1.807, 2.05) is 19.9 Å². The Morgan fingerprint density at radius 1 is 0.857 bits per heavy atom. The molecule has 0 aromatic heterocycles. The zero-order valence-electron chi connectivity index (χ0n) is 16.8. The normalized spacial score (nSPS) is 12.3. The van der Waals surface area contributed by atoms with Crippen LogP contribution in [0.25, 0.3) is 0 Å². The van der Waals surface area contributed by atoms with Gasteiger partial charge in [-0.2, -0.15) is 0 Å². The maximum atomic E-state index is 12.8. The molecule has 0 bridgehead atoms. The van der Waals surface area contributed by atoms with Crippen LogP contribution in [0.2, 0.25) is 0 Å². The van der Waals surface area contributed by atoms with Crippen molar-refractivity contribution in [3.63, 3.8) is 0 Å². The van der Waals surface area contributed by atoms with Gasteiger partial charge < -0.3 is 18.9 Å². The molecule has 0 fully saturated rings. The fourth-order valence-electron chi connectivity index (χ4n) is 2.69. The van der Waals surface area contributed by atoms with E-state index in [1.54, 1.807) is 25.1 Å². The summed E-state index contributed by atoms with van der Waals surface area (Å²) in [7, 11) is -0.816. The van der Waals surface area contributed by atoms with Crippen LogP contribution in [0.5, 0.6) is 23.0 Å². The van der Waals surface area contributed by atoms with Crippen LogP contribution in [0.15, 0.2) is 41.3 Å². The lowest BCUT2D eigenvalue weighted by molar-refractivity contribution is 0.287. The van der Waals surface area contributed by atoms with Crippen molar-refractivity contribution in [2.75, 3.05) is 27.4 Å². The van der Waals surface area contributed by atoms with E-state index in [9.17, 15) is 8.42 Å². The first-order chi connectivity index (χ1) is 13.4. The number of ether oxygens (including phenoxy) is 4. The molecule has 154 valence electrons. The van der Waals surface area contributed by atoms with E-state index in [0.717, 1.165) is 5.56 Å². The second-order valence-electron chi connectivity index (χ2n) is 5.93. The van der Waals surface area contributed by atoms with Crippen LogP contribution in [0.3, 0.4) is 0 Å². The third-order valence-electron chi connectivity index (χ3n) is 4.06. The Morgan fingerprint density at radius 3 is 2.07 bits per heavy atom. The fraction of sp³-hybridized carbons (Fsp3) is 0.400. The molecule has 0 radical (unpaired) electrons. The molecule has 2 aromatic carbocycles. The fourth-order valence-corrected chi connectivity index (χ4v) is 3.94. The summed E-state index contributed by atoms with van der Waals surface area (Å²) in [5.74, 6) is 2.02. The Kier molecular flexibility index (Phi) is 7.53. The van der Waals surface area contributed by atoms with Crippen molar-refractivity contribution in [2.24, 2.45) is 0 Å². The van der Waals surface area contributed by atoms with Crippen molar-refractivity contribution in [2.45, 2.75) is 31.7 Å². The molecule has 7 nitrogen and oxygen atoms in total. The van der Waals surface area contributed by atoms with E-state index in [2.05, 4.69) is 4.72 Å². The molecule has 2 rings (SSSR count). The molecule has 0 aliphatic heterocycles. The van der Waals surface area contributed by atoms with Gasteiger partial charge in [-0.25, -0.2) is 13.1 Å². The summed E-state index contributed by atoms with van der Waals surface area (Å²) >= 11 is 0. The molecular formula is C20H27NO6S. The zero-order valence-corrected chi connectivity index (χ0v) is 17.6. The lowest BCUT2D eigenvalue weighted by atomic mass is 10.1. The van der Waals surface area contributed by atoms with Gasteiger partial charge in [-0.1, -0.05) is 6.07 Å². The Hall–Kier alpha value is -2.45. The van der Waals surface area contributed by atoms with Gasteiger partial charge in [0.2, 0.25) is 10.0 Å². The van der Waals surface area contributed by atoms with E-state index in [1.165, 1.54) is 26.4 Å². The van der Waals surface area contributed by atoms with Crippen LogP contribution < -0.4 is 23.7 Å². The van der Waals surface area contributed by atoms with E-state index in [-0.39, 0.29) is 4.90 Å². The minimum absolute atomic E-state index is 0.0907. The molecule has 0 amide bonds. The van der Waals surface area contributed by atoms with Crippen molar-refractivity contribution < 1.29 is 27.4 Å². The standard InChI is InChI=1S/C20H27NO6S/c1-6-26-18-10-8-15(12-20(18)27-7-2)14(3)21-28(22,23)16-9-11-17(24-4)19(13-16)25-5/h8-14,21H,6-7H2,1-5H3/t14-/m0/s1. The van der Waals surface area contributed by atoms with Crippen molar-refractivity contribution in [3.05, 3.63) is 42.0 Å². The number of rotatable bonds is 10. The third kappa shape index (κ3) is 5.08. The molecule has 8 heteroatoms. The number of sulfonamides is 1. The average molecular weight is 410 g/mol. The van der Waals surface area contributed by atoms with Crippen LogP contribution in [0.4, 0.5) is 0 Å². The van der Waals surface area contributed by atoms with Crippen LogP contribution in [-0.4, -0.2) is 35.9 Å². The highest BCUT2D eigenvalue weighted by atomic mass is 32.2. The monoisotopic (exact) mass is 409 g/mol. The molecule has 0 unspecified atom stereocenters. The van der Waals surface area contributed by atoms with Gasteiger partial charge in [-0.3, -0.25) is 0 Å². The molecule has 0 heterocycles. The summed E-state index contributed by atoms with van der Waals surface area (Å²) in [6, 6.07) is 9.37. The highest BCUT2D eigenvalue weighted by Gasteiger charge is 2.21. The number of benzene rings is 2. The lowest BCUT2D eigenvalue weighted by Crippen LogP contribution is -2.27. The van der Waals surface area contributed by atoms with Crippen LogP contribution in [-0.2, 0) is 10.0 Å². The largest absolute Gasteiger partial charge is 0.493 e. The van der Waals surface area contributed by atoms with Gasteiger partial charge in [-0.15, -0.1) is 0 Å². The molecule has 0 spiro atoms. The van der Waals surface area contributed by atoms with Gasteiger partial charge in [0.15, 0.2) is 23.0 Å². The van der Waals surface area contributed by atoms with Gasteiger partial charge in [0, 0.05) is 12.1 Å². The zero-order chi connectivity index (χ0) is 20.7. The summed E-state index contributed by atoms with van der Waals surface area (Å²) in [6.07, 6.45) is 0. The van der Waals surface area contributed by atoms with E-state index < -0.39 is 16.1 Å². The van der Waals surface area contributed by atoms with E-state index in [4.69, 9.17) is 18.9 Å². The van der Waals surface area contributed by atoms with Crippen molar-refractivity contribution >= 4 is 10.0 Å². The molecule has 0 saturated heterocycles. The van der Waals surface area contributed by atoms with E-state index >= 15 is 0 Å². The number of hydrogen-bond donors (Lipinski definition) is 1. The Bertz CT molecular complexity index is 898. The second-order valence-corrected chi connectivity index (χ2v) is 7.65. The highest BCUT2D eigenvalue weighted by Crippen LogP contribution is 2.32. The molecule has 1 N–H and O–H groups in total. The summed E-state index contributed by atoms with van der Waals surface area (Å²) < 4.78 is 49.8. The maximum absolute atomic E-state index is 12.8. The SMILES string of the molecule is CCOc1ccc([C@H](C)NS(=O)(=O)c2ccc(OC)c(OC)c2)cc1OCC. The van der Waals surface area contributed by atoms with Crippen LogP contribution >= 0.6 is 0 Å². The van der Waals surface area contributed by atoms with Crippen LogP contribution in [0, 0.1) is 0 Å². The molecule has 2 aromatic rings. The molecule has 28 heavy (non-hydrogen) atoms. The number of hydrogen-bond acceptors (Lipinski definition) is 6. The highest BCUT2D eigenvalue weighted by molar-refractivity contribution is 7.89. The summed E-state index contributed by atoms with van der Waals surface area (Å²) in [4.78, 5) is 0.0907. The van der Waals surface area contributed by atoms with Crippen molar-refractivity contribution in [1.82, 2.24) is 4.72 Å².